The second-order valence-electron chi connectivity index (χ2n) is 7.04. The number of hydrogen-bond donors (Lipinski definition) is 2. The van der Waals surface area contributed by atoms with Crippen molar-refractivity contribution in [2.45, 2.75) is 0 Å². The summed E-state index contributed by atoms with van der Waals surface area (Å²) in [5, 5.41) is 11.9. The summed E-state index contributed by atoms with van der Waals surface area (Å²) in [6, 6.07) is 21.1. The van der Waals surface area contributed by atoms with E-state index in [9.17, 15) is 4.79 Å². The van der Waals surface area contributed by atoms with Gasteiger partial charge in [0.15, 0.2) is 11.5 Å². The van der Waals surface area contributed by atoms with E-state index in [1.807, 2.05) is 60.7 Å². The molecule has 3 aromatic carbocycles. The van der Waals surface area contributed by atoms with Crippen LogP contribution in [0.1, 0.15) is 10.5 Å². The highest BCUT2D eigenvalue weighted by atomic mass is 16.7. The average Bonchev–Trinajstić information content (AvgIpc) is 3.50. The zero-order chi connectivity index (χ0) is 21.8. The van der Waals surface area contributed by atoms with Gasteiger partial charge in [-0.15, -0.1) is 0 Å². The first-order valence-corrected chi connectivity index (χ1v) is 10.1. The molecule has 158 valence electrons. The van der Waals surface area contributed by atoms with Crippen molar-refractivity contribution >= 4 is 16.7 Å². The summed E-state index contributed by atoms with van der Waals surface area (Å²) >= 11 is 0. The number of H-pyrrole nitrogens is 1. The zero-order valence-electron chi connectivity index (χ0n) is 17.1. The van der Waals surface area contributed by atoms with Crippen molar-refractivity contribution < 1.29 is 19.0 Å². The minimum Gasteiger partial charge on any atom is -0.480 e. The smallest absolute Gasteiger partial charge is 0.270 e. The molecule has 0 unspecified atom stereocenters. The maximum absolute atomic E-state index is 12.4. The van der Waals surface area contributed by atoms with E-state index in [0.29, 0.717) is 22.9 Å². The van der Waals surface area contributed by atoms with E-state index in [1.165, 1.54) is 0 Å². The molecule has 0 saturated heterocycles. The summed E-state index contributed by atoms with van der Waals surface area (Å²) in [5.74, 6) is 7.69. The number of amides is 1. The molecular formula is C25H19N3O4. The molecule has 0 radical (unpaired) electrons. The molecule has 1 aromatic heterocycles. The Bertz CT molecular complexity index is 1340. The van der Waals surface area contributed by atoms with Crippen LogP contribution in [-0.2, 0) is 0 Å². The molecule has 1 aliphatic heterocycles. The zero-order valence-corrected chi connectivity index (χ0v) is 17.1. The molecule has 2 N–H and O–H groups in total. The van der Waals surface area contributed by atoms with Gasteiger partial charge in [0.25, 0.3) is 5.91 Å². The number of nitrogens with zero attached hydrogens (tertiary/aromatic N) is 1. The third-order valence-corrected chi connectivity index (χ3v) is 5.00. The topological polar surface area (TPSA) is 85.5 Å². The molecule has 0 fully saturated rings. The van der Waals surface area contributed by atoms with Crippen LogP contribution in [0.15, 0.2) is 66.7 Å². The number of fused-ring (bicyclic) bond motifs is 2. The summed E-state index contributed by atoms with van der Waals surface area (Å²) in [6.07, 6.45) is 0. The first-order chi connectivity index (χ1) is 15.8. The van der Waals surface area contributed by atoms with Gasteiger partial charge in [0.1, 0.15) is 18.1 Å². The number of rotatable bonds is 5. The number of aromatic amines is 1. The van der Waals surface area contributed by atoms with Crippen LogP contribution in [0.5, 0.6) is 17.2 Å². The normalized spacial score (nSPS) is 11.6. The molecule has 5 rings (SSSR count). The van der Waals surface area contributed by atoms with Gasteiger partial charge in [-0.25, -0.2) is 0 Å². The van der Waals surface area contributed by atoms with E-state index in [0.717, 1.165) is 22.1 Å². The molecule has 1 aliphatic rings. The maximum Gasteiger partial charge on any atom is 0.270 e. The van der Waals surface area contributed by atoms with Crippen molar-refractivity contribution in [1.29, 1.82) is 0 Å². The number of hydrogen-bond acceptors (Lipinski definition) is 5. The Morgan fingerprint density at radius 1 is 1.03 bits per heavy atom. The minimum atomic E-state index is -0.284. The molecule has 0 spiro atoms. The first kappa shape index (κ1) is 19.5. The van der Waals surface area contributed by atoms with Crippen LogP contribution in [0.25, 0.3) is 22.0 Å². The second kappa shape index (κ2) is 8.74. The molecule has 0 aliphatic carbocycles. The van der Waals surface area contributed by atoms with Crippen molar-refractivity contribution in [1.82, 2.24) is 15.5 Å². The van der Waals surface area contributed by atoms with Crippen LogP contribution >= 0.6 is 0 Å². The highest BCUT2D eigenvalue weighted by Gasteiger charge is 2.16. The molecule has 4 aromatic rings. The van der Waals surface area contributed by atoms with E-state index in [2.05, 4.69) is 27.4 Å². The van der Waals surface area contributed by atoms with Gasteiger partial charge in [0.05, 0.1) is 12.2 Å². The molecular weight excluding hydrogens is 406 g/mol. The van der Waals surface area contributed by atoms with Gasteiger partial charge in [-0.1, -0.05) is 48.2 Å². The number of nitrogens with one attached hydrogen (secondary N) is 2. The molecule has 0 bridgehead atoms. The predicted molar refractivity (Wildman–Crippen MR) is 120 cm³/mol. The quantitative estimate of drug-likeness (QED) is 0.476. The highest BCUT2D eigenvalue weighted by Crippen LogP contribution is 2.35. The molecule has 0 atom stereocenters. The molecule has 7 nitrogen and oxygen atoms in total. The lowest BCUT2D eigenvalue weighted by molar-refractivity contribution is 0.0953. The van der Waals surface area contributed by atoms with Crippen molar-refractivity contribution in [2.24, 2.45) is 0 Å². The molecule has 7 heteroatoms. The average molecular weight is 425 g/mol. The van der Waals surface area contributed by atoms with E-state index in [-0.39, 0.29) is 25.9 Å². The summed E-state index contributed by atoms with van der Waals surface area (Å²) in [5.41, 5.74) is 1.82. The Morgan fingerprint density at radius 2 is 1.91 bits per heavy atom. The van der Waals surface area contributed by atoms with Crippen LogP contribution in [-0.4, -0.2) is 36.0 Å². The number of aromatic nitrogens is 2. The number of benzene rings is 3. The van der Waals surface area contributed by atoms with Gasteiger partial charge in [0.2, 0.25) is 6.79 Å². The summed E-state index contributed by atoms with van der Waals surface area (Å²) in [6.45, 7) is 0.652. The maximum atomic E-state index is 12.4. The Hall–Kier alpha value is -4.44. The Labute approximate surface area is 184 Å². The van der Waals surface area contributed by atoms with Crippen LogP contribution in [0.4, 0.5) is 0 Å². The van der Waals surface area contributed by atoms with E-state index >= 15 is 0 Å². The Morgan fingerprint density at radius 3 is 2.88 bits per heavy atom. The minimum absolute atomic E-state index is 0.204. The van der Waals surface area contributed by atoms with Crippen molar-refractivity contribution in [3.63, 3.8) is 0 Å². The lowest BCUT2D eigenvalue weighted by Crippen LogP contribution is -2.24. The molecule has 0 saturated carbocycles. The summed E-state index contributed by atoms with van der Waals surface area (Å²) < 4.78 is 16.5. The van der Waals surface area contributed by atoms with Crippen molar-refractivity contribution in [3.8, 4) is 40.3 Å². The predicted octanol–water partition coefficient (Wildman–Crippen LogP) is 3.77. The van der Waals surface area contributed by atoms with E-state index in [4.69, 9.17) is 14.2 Å². The highest BCUT2D eigenvalue weighted by molar-refractivity contribution is 5.93. The van der Waals surface area contributed by atoms with Gasteiger partial charge < -0.3 is 19.5 Å². The van der Waals surface area contributed by atoms with Crippen LogP contribution in [0, 0.1) is 11.8 Å². The van der Waals surface area contributed by atoms with Crippen LogP contribution in [0.3, 0.4) is 0 Å². The monoisotopic (exact) mass is 425 g/mol. The van der Waals surface area contributed by atoms with Crippen LogP contribution < -0.4 is 19.5 Å². The fourth-order valence-electron chi connectivity index (χ4n) is 3.41. The third kappa shape index (κ3) is 4.07. The summed E-state index contributed by atoms with van der Waals surface area (Å²) in [4.78, 5) is 12.4. The van der Waals surface area contributed by atoms with Gasteiger partial charge in [0, 0.05) is 10.9 Å². The summed E-state index contributed by atoms with van der Waals surface area (Å²) in [7, 11) is 0. The van der Waals surface area contributed by atoms with Gasteiger partial charge in [-0.05, 0) is 35.7 Å². The van der Waals surface area contributed by atoms with Crippen molar-refractivity contribution in [3.05, 3.63) is 72.4 Å². The number of carbonyl (C=O) groups excluding carboxylic acids is 1. The number of ether oxygens (including phenoxy) is 3. The van der Waals surface area contributed by atoms with Crippen LogP contribution in [0.2, 0.25) is 0 Å². The molecule has 32 heavy (non-hydrogen) atoms. The fraction of sp³-hybridized carbons (Fsp3) is 0.120. The first-order valence-electron chi connectivity index (χ1n) is 10.1. The van der Waals surface area contributed by atoms with Gasteiger partial charge in [-0.3, -0.25) is 9.89 Å². The number of carbonyl (C=O) groups is 1. The Kier molecular flexibility index (Phi) is 5.33. The fourth-order valence-corrected chi connectivity index (χ4v) is 3.41. The molecule has 2 heterocycles. The lowest BCUT2D eigenvalue weighted by atomic mass is 10.1. The van der Waals surface area contributed by atoms with E-state index < -0.39 is 0 Å². The largest absolute Gasteiger partial charge is 0.480 e. The SMILES string of the molecule is O=C(NCC#CCOc1cccc2ccccc12)c1cc(-c2ccc3c(c2)OCO3)n[nH]1. The second-order valence-corrected chi connectivity index (χ2v) is 7.04. The standard InChI is InChI=1S/C25H19N3O4/c29-25(21-15-20(27-28-21)18-10-11-23-24(14-18)32-16-31-23)26-12-3-4-13-30-22-9-5-7-17-6-1-2-8-19(17)22/h1-2,5-11,14-15H,12-13,16H2,(H,26,29)(H,27,28). The van der Waals surface area contributed by atoms with Gasteiger partial charge in [-0.2, -0.15) is 5.10 Å². The van der Waals surface area contributed by atoms with Crippen molar-refractivity contribution in [2.75, 3.05) is 19.9 Å². The third-order valence-electron chi connectivity index (χ3n) is 5.00. The van der Waals surface area contributed by atoms with E-state index in [1.54, 1.807) is 6.07 Å². The van der Waals surface area contributed by atoms with Gasteiger partial charge >= 0.3 is 0 Å². The molecule has 1 amide bonds. The Balaban J connectivity index is 1.14. The lowest BCUT2D eigenvalue weighted by Gasteiger charge is -2.06.